The van der Waals surface area contributed by atoms with Crippen LogP contribution in [0.15, 0.2) is 61.1 Å². The van der Waals surface area contributed by atoms with E-state index in [2.05, 4.69) is 66.1 Å². The number of anilines is 1. The number of hydrogen-bond donors (Lipinski definition) is 2. The second kappa shape index (κ2) is 9.26. The minimum Gasteiger partial charge on any atom is -0.395 e. The Morgan fingerprint density at radius 2 is 2.03 bits per heavy atom. The summed E-state index contributed by atoms with van der Waals surface area (Å²) in [5, 5.41) is 30.5. The Labute approximate surface area is 210 Å². The van der Waals surface area contributed by atoms with Gasteiger partial charge in [-0.2, -0.15) is 5.26 Å². The third kappa shape index (κ3) is 4.06. The van der Waals surface area contributed by atoms with Crippen LogP contribution >= 0.6 is 0 Å². The topological polar surface area (TPSA) is 94.9 Å². The molecule has 2 aliphatic heterocycles. The van der Waals surface area contributed by atoms with Gasteiger partial charge in [-0.15, -0.1) is 10.2 Å². The minimum atomic E-state index is 0.134. The van der Waals surface area contributed by atoms with Crippen molar-refractivity contribution in [1.29, 1.82) is 5.26 Å². The Morgan fingerprint density at radius 3 is 2.83 bits per heavy atom. The maximum atomic E-state index is 9.29. The highest BCUT2D eigenvalue weighted by molar-refractivity contribution is 5.72. The van der Waals surface area contributed by atoms with Gasteiger partial charge in [-0.1, -0.05) is 12.1 Å². The van der Waals surface area contributed by atoms with Gasteiger partial charge in [0.05, 0.1) is 29.6 Å². The number of nitrogens with zero attached hydrogens (tertiary/aromatic N) is 6. The molecular formula is C28H29N7O. The number of rotatable bonds is 6. The second-order valence-electron chi connectivity index (χ2n) is 9.86. The van der Waals surface area contributed by atoms with E-state index in [0.29, 0.717) is 11.5 Å². The summed E-state index contributed by atoms with van der Waals surface area (Å²) in [6.45, 7) is 5.90. The van der Waals surface area contributed by atoms with Crippen LogP contribution in [0.25, 0.3) is 28.3 Å². The first-order chi connectivity index (χ1) is 17.6. The Hall–Kier alpha value is -3.93. The van der Waals surface area contributed by atoms with Gasteiger partial charge in [0.15, 0.2) is 5.82 Å². The van der Waals surface area contributed by atoms with E-state index in [-0.39, 0.29) is 12.6 Å². The molecule has 2 N–H and O–H groups in total. The van der Waals surface area contributed by atoms with E-state index in [9.17, 15) is 5.11 Å². The fourth-order valence-electron chi connectivity index (χ4n) is 5.29. The lowest BCUT2D eigenvalue weighted by atomic mass is 10.1. The van der Waals surface area contributed by atoms with Gasteiger partial charge >= 0.3 is 0 Å². The van der Waals surface area contributed by atoms with E-state index in [1.165, 1.54) is 11.3 Å². The molecule has 0 radical (unpaired) electrons. The lowest BCUT2D eigenvalue weighted by Gasteiger charge is -2.21. The molecule has 8 heteroatoms. The third-order valence-corrected chi connectivity index (χ3v) is 7.36. The zero-order valence-corrected chi connectivity index (χ0v) is 20.3. The molecule has 4 aromatic rings. The monoisotopic (exact) mass is 479 g/mol. The lowest BCUT2D eigenvalue weighted by Crippen LogP contribution is -2.34. The zero-order valence-electron chi connectivity index (χ0n) is 20.3. The maximum absolute atomic E-state index is 9.29. The molecule has 36 heavy (non-hydrogen) atoms. The zero-order chi connectivity index (χ0) is 24.6. The molecule has 1 saturated heterocycles. The van der Waals surface area contributed by atoms with Crippen LogP contribution in [0.1, 0.15) is 24.5 Å². The van der Waals surface area contributed by atoms with Crippen molar-refractivity contribution in [1.82, 2.24) is 24.6 Å². The van der Waals surface area contributed by atoms with Crippen LogP contribution in [0.5, 0.6) is 0 Å². The van der Waals surface area contributed by atoms with E-state index >= 15 is 0 Å². The number of hydrogen-bond acceptors (Lipinski definition) is 6. The highest BCUT2D eigenvalue weighted by Gasteiger charge is 2.26. The first-order valence-corrected chi connectivity index (χ1v) is 12.5. The van der Waals surface area contributed by atoms with E-state index < -0.39 is 0 Å². The third-order valence-electron chi connectivity index (χ3n) is 7.36. The fraction of sp³-hybridized carbons (Fsp3) is 0.321. The molecule has 2 aromatic carbocycles. The molecule has 4 heterocycles. The Balaban J connectivity index is 1.30. The summed E-state index contributed by atoms with van der Waals surface area (Å²) in [6, 6.07) is 18.9. The van der Waals surface area contributed by atoms with Crippen molar-refractivity contribution in [3.05, 3.63) is 72.2 Å². The van der Waals surface area contributed by atoms with Gasteiger partial charge in [0.1, 0.15) is 6.33 Å². The molecule has 0 spiro atoms. The highest BCUT2D eigenvalue weighted by Crippen LogP contribution is 2.35. The van der Waals surface area contributed by atoms with Crippen molar-refractivity contribution in [2.45, 2.75) is 25.9 Å². The minimum absolute atomic E-state index is 0.134. The van der Waals surface area contributed by atoms with Gasteiger partial charge in [0, 0.05) is 49.7 Å². The summed E-state index contributed by atoms with van der Waals surface area (Å²) in [7, 11) is 0. The molecule has 0 amide bonds. The van der Waals surface area contributed by atoms with E-state index in [1.807, 2.05) is 31.2 Å². The second-order valence-corrected chi connectivity index (χ2v) is 9.86. The quantitative estimate of drug-likeness (QED) is 0.388. The summed E-state index contributed by atoms with van der Waals surface area (Å²) in [5.74, 6) is 1.40. The molecule has 8 nitrogen and oxygen atoms in total. The van der Waals surface area contributed by atoms with E-state index in [1.54, 1.807) is 6.33 Å². The van der Waals surface area contributed by atoms with Crippen LogP contribution in [-0.2, 0) is 6.54 Å². The number of fused-ring (bicyclic) bond motifs is 5. The molecule has 0 bridgehead atoms. The van der Waals surface area contributed by atoms with E-state index in [4.69, 9.17) is 5.26 Å². The molecule has 0 aliphatic carbocycles. The summed E-state index contributed by atoms with van der Waals surface area (Å²) < 4.78 is 4.32. The number of nitriles is 1. The molecule has 0 saturated carbocycles. The lowest BCUT2D eigenvalue weighted by molar-refractivity contribution is 0.247. The van der Waals surface area contributed by atoms with Crippen LogP contribution in [0.3, 0.4) is 0 Å². The predicted octanol–water partition coefficient (Wildman–Crippen LogP) is 3.43. The van der Waals surface area contributed by atoms with Gasteiger partial charge in [-0.3, -0.25) is 4.57 Å². The molecular weight excluding hydrogens is 450 g/mol. The maximum Gasteiger partial charge on any atom is 0.185 e. The van der Waals surface area contributed by atoms with Crippen molar-refractivity contribution >= 4 is 5.69 Å². The molecule has 2 atom stereocenters. The van der Waals surface area contributed by atoms with Crippen molar-refractivity contribution in [3.63, 3.8) is 0 Å². The van der Waals surface area contributed by atoms with Crippen LogP contribution < -0.4 is 10.2 Å². The van der Waals surface area contributed by atoms with Gasteiger partial charge in [0.25, 0.3) is 0 Å². The van der Waals surface area contributed by atoms with Crippen molar-refractivity contribution in [2.24, 2.45) is 5.92 Å². The Bertz CT molecular complexity index is 1430. The highest BCUT2D eigenvalue weighted by atomic mass is 16.3. The number of nitrogens with one attached hydrogen (secondary N) is 1. The summed E-state index contributed by atoms with van der Waals surface area (Å²) in [5.41, 5.74) is 7.42. The average molecular weight is 480 g/mol. The van der Waals surface area contributed by atoms with Gasteiger partial charge in [0.2, 0.25) is 0 Å². The molecule has 1 fully saturated rings. The number of benzene rings is 2. The first kappa shape index (κ1) is 22.5. The first-order valence-electron chi connectivity index (χ1n) is 12.5. The van der Waals surface area contributed by atoms with Crippen LogP contribution in [-0.4, -0.2) is 56.7 Å². The molecule has 6 rings (SSSR count). The van der Waals surface area contributed by atoms with Gasteiger partial charge in [-0.05, 0) is 66.8 Å². The standard InChI is InChI=1S/C28H29N7O/c1-19(17-36)30-13-21-8-9-33(14-21)25-6-7-26-24(10-25)16-34-15-23(22-4-2-20(12-29)3-5-22)11-27(34)28-32-31-18-35(26)28/h2-7,10-11,15,18-19,21,30,36H,8-9,13-14,16-17H2,1H3/t19?,21-/m1/s1. The largest absolute Gasteiger partial charge is 0.395 e. The molecule has 1 unspecified atom stereocenters. The molecule has 2 aromatic heterocycles. The Morgan fingerprint density at radius 1 is 1.17 bits per heavy atom. The number of aliphatic hydroxyl groups excluding tert-OH is 1. The SMILES string of the molecule is CC(CO)NC[C@H]1CCN(c2ccc3c(c2)Cn2cc(-c4ccc(C#N)cc4)cc2-c2nncn2-3)C1. The number of aliphatic hydroxyl groups is 1. The fourth-order valence-corrected chi connectivity index (χ4v) is 5.29. The summed E-state index contributed by atoms with van der Waals surface area (Å²) >= 11 is 0. The van der Waals surface area contributed by atoms with Crippen LogP contribution in [0.2, 0.25) is 0 Å². The van der Waals surface area contributed by atoms with Crippen LogP contribution in [0.4, 0.5) is 5.69 Å². The average Bonchev–Trinajstić information content (AvgIpc) is 3.66. The Kier molecular flexibility index (Phi) is 5.80. The van der Waals surface area contributed by atoms with Crippen LogP contribution in [0, 0.1) is 17.2 Å². The summed E-state index contributed by atoms with van der Waals surface area (Å²) in [4.78, 5) is 2.47. The molecule has 2 aliphatic rings. The van der Waals surface area contributed by atoms with Crippen molar-refractivity contribution < 1.29 is 5.11 Å². The normalized spacial score (nSPS) is 17.1. The van der Waals surface area contributed by atoms with E-state index in [0.717, 1.165) is 60.9 Å². The van der Waals surface area contributed by atoms with Gasteiger partial charge < -0.3 is 19.9 Å². The van der Waals surface area contributed by atoms with Crippen molar-refractivity contribution in [3.8, 4) is 34.4 Å². The smallest absolute Gasteiger partial charge is 0.185 e. The predicted molar refractivity (Wildman–Crippen MR) is 139 cm³/mol. The molecule has 182 valence electrons. The summed E-state index contributed by atoms with van der Waals surface area (Å²) in [6.07, 6.45) is 5.10. The van der Waals surface area contributed by atoms with Crippen molar-refractivity contribution in [2.75, 3.05) is 31.1 Å². The number of aromatic nitrogens is 4. The van der Waals surface area contributed by atoms with Gasteiger partial charge in [-0.25, -0.2) is 0 Å².